The molecule has 3 aromatic rings. The number of hydrogen-bond donors (Lipinski definition) is 0. The highest BCUT2D eigenvalue weighted by Crippen LogP contribution is 2.32. The summed E-state index contributed by atoms with van der Waals surface area (Å²) in [4.78, 5) is 12.9. The Bertz CT molecular complexity index is 1120. The van der Waals surface area contributed by atoms with Gasteiger partial charge in [-0.15, -0.1) is 0 Å². The van der Waals surface area contributed by atoms with E-state index in [1.807, 2.05) is 49.6 Å². The molecule has 0 heterocycles. The first-order valence-corrected chi connectivity index (χ1v) is 12.0. The van der Waals surface area contributed by atoms with E-state index >= 15 is 0 Å². The summed E-state index contributed by atoms with van der Waals surface area (Å²) in [6.07, 6.45) is -2.33. The van der Waals surface area contributed by atoms with Crippen molar-refractivity contribution in [2.24, 2.45) is 0 Å². The summed E-state index contributed by atoms with van der Waals surface area (Å²) < 4.78 is 44.0. The third-order valence-corrected chi connectivity index (χ3v) is 5.87. The maximum atomic E-state index is 12.9. The quantitative estimate of drug-likeness (QED) is 0.394. The molecule has 0 saturated carbocycles. The smallest absolute Gasteiger partial charge is 0.416 e. The second-order valence-electron chi connectivity index (χ2n) is 7.80. The van der Waals surface area contributed by atoms with Crippen LogP contribution in [0.5, 0.6) is 5.75 Å². The van der Waals surface area contributed by atoms with Gasteiger partial charge in [0.1, 0.15) is 12.4 Å². The lowest BCUT2D eigenvalue weighted by Gasteiger charge is -2.26. The van der Waals surface area contributed by atoms with Crippen LogP contribution in [-0.2, 0) is 17.5 Å². The van der Waals surface area contributed by atoms with E-state index in [0.29, 0.717) is 17.9 Å². The number of nitrogens with zero attached hydrogens (tertiary/aromatic N) is 1. The molecule has 34 heavy (non-hydrogen) atoms. The van der Waals surface area contributed by atoms with Crippen LogP contribution in [0.2, 0.25) is 0 Å². The summed E-state index contributed by atoms with van der Waals surface area (Å²) in [6, 6.07) is 18.5. The molecule has 8 heteroatoms. The van der Waals surface area contributed by atoms with E-state index in [1.165, 1.54) is 12.1 Å². The van der Waals surface area contributed by atoms with Crippen molar-refractivity contribution < 1.29 is 27.8 Å². The molecular formula is C26H25F3NO3S-. The van der Waals surface area contributed by atoms with Gasteiger partial charge >= 0.3 is 6.18 Å². The molecule has 3 rings (SSSR count). The molecule has 0 atom stereocenters. The second kappa shape index (κ2) is 11.3. The van der Waals surface area contributed by atoms with E-state index in [0.717, 1.165) is 46.8 Å². The van der Waals surface area contributed by atoms with E-state index in [2.05, 4.69) is 4.90 Å². The summed E-state index contributed by atoms with van der Waals surface area (Å²) in [7, 11) is 0. The van der Waals surface area contributed by atoms with Crippen LogP contribution in [0.15, 0.2) is 66.7 Å². The Labute approximate surface area is 201 Å². The molecule has 0 spiro atoms. The van der Waals surface area contributed by atoms with Crippen molar-refractivity contribution in [2.75, 3.05) is 30.1 Å². The predicted molar refractivity (Wildman–Crippen MR) is 128 cm³/mol. The molecule has 0 saturated heterocycles. The minimum absolute atomic E-state index is 0.493. The Morgan fingerprint density at radius 1 is 1.03 bits per heavy atom. The van der Waals surface area contributed by atoms with Gasteiger partial charge in [-0.3, -0.25) is 0 Å². The zero-order valence-corrected chi connectivity index (χ0v) is 19.7. The molecule has 0 bridgehead atoms. The van der Waals surface area contributed by atoms with Crippen LogP contribution in [0.4, 0.5) is 18.9 Å². The molecule has 4 nitrogen and oxygen atoms in total. The first kappa shape index (κ1) is 25.5. The molecular weight excluding hydrogens is 463 g/mol. The molecule has 0 aliphatic rings. The van der Waals surface area contributed by atoms with E-state index in [9.17, 15) is 23.1 Å². The number of carboxylic acids is 1. The van der Waals surface area contributed by atoms with Crippen molar-refractivity contribution in [1.29, 1.82) is 0 Å². The van der Waals surface area contributed by atoms with Crippen LogP contribution < -0.4 is 14.7 Å². The zero-order valence-electron chi connectivity index (χ0n) is 18.9. The maximum Gasteiger partial charge on any atom is 0.416 e. The third kappa shape index (κ3) is 6.93. The number of carboxylic acid groups (broad SMARTS) is 1. The summed E-state index contributed by atoms with van der Waals surface area (Å²) in [5, 5.41) is 10.6. The molecule has 3 aromatic carbocycles. The van der Waals surface area contributed by atoms with Crippen molar-refractivity contribution in [3.05, 3.63) is 83.4 Å². The topological polar surface area (TPSA) is 52.6 Å². The molecule has 0 aromatic heterocycles. The Kier molecular flexibility index (Phi) is 8.50. The van der Waals surface area contributed by atoms with Crippen molar-refractivity contribution in [2.45, 2.75) is 19.6 Å². The molecule has 0 unspecified atom stereocenters. The van der Waals surface area contributed by atoms with Crippen molar-refractivity contribution in [1.82, 2.24) is 0 Å². The number of aryl methyl sites for hydroxylation is 1. The summed E-state index contributed by atoms with van der Waals surface area (Å²) >= 11 is 1.72. The Morgan fingerprint density at radius 3 is 2.38 bits per heavy atom. The minimum Gasteiger partial charge on any atom is -0.546 e. The number of thioether (sulfide) groups is 1. The van der Waals surface area contributed by atoms with Gasteiger partial charge in [0.2, 0.25) is 0 Å². The highest BCUT2D eigenvalue weighted by atomic mass is 32.2. The number of hydrogen-bond acceptors (Lipinski definition) is 5. The van der Waals surface area contributed by atoms with Crippen LogP contribution in [0.25, 0.3) is 11.1 Å². The Hall–Kier alpha value is -3.13. The number of ether oxygens (including phenoxy) is 1. The lowest BCUT2D eigenvalue weighted by molar-refractivity contribution is -0.307. The highest BCUT2D eigenvalue weighted by molar-refractivity contribution is 7.98. The molecule has 0 amide bonds. The number of alkyl halides is 3. The predicted octanol–water partition coefficient (Wildman–Crippen LogP) is 5.18. The monoisotopic (exact) mass is 488 g/mol. The largest absolute Gasteiger partial charge is 0.546 e. The maximum absolute atomic E-state index is 12.9. The van der Waals surface area contributed by atoms with Gasteiger partial charge in [0.05, 0.1) is 11.5 Å². The van der Waals surface area contributed by atoms with Gasteiger partial charge < -0.3 is 19.5 Å². The van der Waals surface area contributed by atoms with E-state index in [1.54, 1.807) is 17.8 Å². The van der Waals surface area contributed by atoms with Gasteiger partial charge in [0.25, 0.3) is 0 Å². The minimum atomic E-state index is -4.36. The first-order valence-electron chi connectivity index (χ1n) is 10.6. The van der Waals surface area contributed by atoms with Crippen LogP contribution >= 0.6 is 11.8 Å². The fourth-order valence-corrected chi connectivity index (χ4v) is 3.97. The highest BCUT2D eigenvalue weighted by Gasteiger charge is 2.30. The molecule has 0 aliphatic heterocycles. The number of aliphatic carboxylic acids is 1. The second-order valence-corrected chi connectivity index (χ2v) is 8.79. The fourth-order valence-electron chi connectivity index (χ4n) is 3.56. The van der Waals surface area contributed by atoms with E-state index < -0.39 is 24.3 Å². The third-order valence-electron chi connectivity index (χ3n) is 5.28. The first-order chi connectivity index (χ1) is 16.2. The number of carbonyl (C=O) groups excluding carboxylic acids is 1. The van der Waals surface area contributed by atoms with Crippen LogP contribution in [0, 0.1) is 6.92 Å². The Morgan fingerprint density at radius 2 is 1.76 bits per heavy atom. The fraction of sp³-hybridized carbons (Fsp3) is 0.269. The molecule has 180 valence electrons. The lowest BCUT2D eigenvalue weighted by Crippen LogP contribution is -2.29. The standard InChI is InChI=1S/C26H26F3NO3S/c1-18-14-19(6-11-24(18)33-17-25(31)32)16-30(12-13-34-2)23-5-3-4-21(15-23)20-7-9-22(10-8-20)26(27,28)29/h3-11,14-15H,12-13,16-17H2,1-2H3,(H,31,32)/p-1. The van der Waals surface area contributed by atoms with E-state index in [4.69, 9.17) is 4.74 Å². The SMILES string of the molecule is CSCCN(Cc1ccc(OCC(=O)[O-])c(C)c1)c1cccc(-c2ccc(C(F)(F)F)cc2)c1. The van der Waals surface area contributed by atoms with Crippen molar-refractivity contribution >= 4 is 23.4 Å². The van der Waals surface area contributed by atoms with Gasteiger partial charge in [0.15, 0.2) is 0 Å². The number of carbonyl (C=O) groups is 1. The average Bonchev–Trinajstić information content (AvgIpc) is 2.80. The summed E-state index contributed by atoms with van der Waals surface area (Å²) in [5.74, 6) is 0.114. The lowest BCUT2D eigenvalue weighted by atomic mass is 10.0. The van der Waals surface area contributed by atoms with Crippen LogP contribution in [-0.4, -0.2) is 31.1 Å². The summed E-state index contributed by atoms with van der Waals surface area (Å²) in [6.45, 7) is 2.74. The van der Waals surface area contributed by atoms with Crippen LogP contribution in [0.3, 0.4) is 0 Å². The van der Waals surface area contributed by atoms with Gasteiger partial charge in [0, 0.05) is 24.5 Å². The summed E-state index contributed by atoms with van der Waals surface area (Å²) in [5.41, 5.74) is 3.69. The van der Waals surface area contributed by atoms with E-state index in [-0.39, 0.29) is 0 Å². The number of rotatable bonds is 10. The Balaban J connectivity index is 1.83. The van der Waals surface area contributed by atoms with Gasteiger partial charge in [-0.2, -0.15) is 24.9 Å². The normalized spacial score (nSPS) is 11.3. The molecule has 0 N–H and O–H groups in total. The number of halogens is 3. The van der Waals surface area contributed by atoms with Gasteiger partial charge in [-0.25, -0.2) is 0 Å². The zero-order chi connectivity index (χ0) is 24.7. The number of benzene rings is 3. The molecule has 0 aliphatic carbocycles. The number of anilines is 1. The molecule has 0 fully saturated rings. The van der Waals surface area contributed by atoms with Crippen LogP contribution in [0.1, 0.15) is 16.7 Å². The average molecular weight is 489 g/mol. The van der Waals surface area contributed by atoms with Crippen molar-refractivity contribution in [3.8, 4) is 16.9 Å². The van der Waals surface area contributed by atoms with Gasteiger partial charge in [-0.1, -0.05) is 36.4 Å². The van der Waals surface area contributed by atoms with Gasteiger partial charge in [-0.05, 0) is 65.8 Å². The van der Waals surface area contributed by atoms with Crippen molar-refractivity contribution in [3.63, 3.8) is 0 Å². The molecule has 0 radical (unpaired) electrons.